The van der Waals surface area contributed by atoms with Crippen molar-refractivity contribution in [3.05, 3.63) is 41.1 Å². The van der Waals surface area contributed by atoms with E-state index in [2.05, 4.69) is 23.3 Å². The van der Waals surface area contributed by atoms with Gasteiger partial charge in [-0.3, -0.25) is 4.79 Å². The second kappa shape index (κ2) is 8.90. The molecule has 0 spiro atoms. The van der Waals surface area contributed by atoms with Crippen LogP contribution in [0.4, 0.5) is 0 Å². The number of nitrogens with one attached hydrogen (secondary N) is 2. The average Bonchev–Trinajstić information content (AvgIpc) is 3.02. The Morgan fingerprint density at radius 3 is 2.96 bits per heavy atom. The van der Waals surface area contributed by atoms with Gasteiger partial charge in [0.25, 0.3) is 5.91 Å². The lowest BCUT2D eigenvalue weighted by Gasteiger charge is -2.04. The number of fused-ring (bicyclic) bond motifs is 1. The number of carbonyl (C=O) groups is 1. The molecule has 0 atom stereocenters. The number of carbonyl (C=O) groups excluding carboxylic acids is 1. The Balaban J connectivity index is 2.13. The zero-order valence-corrected chi connectivity index (χ0v) is 14.2. The third-order valence-corrected chi connectivity index (χ3v) is 3.83. The number of benzene rings is 1. The van der Waals surface area contributed by atoms with E-state index >= 15 is 0 Å². The number of aryl methyl sites for hydroxylation is 1. The van der Waals surface area contributed by atoms with Crippen LogP contribution in [0.15, 0.2) is 30.0 Å². The maximum absolute atomic E-state index is 12.1. The largest absolute Gasteiger partial charge is 0.382 e. The maximum atomic E-state index is 12.1. The van der Waals surface area contributed by atoms with E-state index in [0.717, 1.165) is 29.3 Å². The van der Waals surface area contributed by atoms with E-state index in [1.807, 2.05) is 31.3 Å². The molecule has 126 valence electrons. The summed E-state index contributed by atoms with van der Waals surface area (Å²) in [6, 6.07) is 8.05. The summed E-state index contributed by atoms with van der Waals surface area (Å²) in [5.41, 5.74) is 3.22. The molecular weight excluding hydrogens is 302 g/mol. The molecule has 24 heavy (non-hydrogen) atoms. The number of rotatable bonds is 8. The average molecular weight is 325 g/mol. The summed E-state index contributed by atoms with van der Waals surface area (Å²) in [6.07, 6.45) is 5.12. The molecule has 1 heterocycles. The Labute approximate surface area is 142 Å². The minimum Gasteiger partial charge on any atom is -0.382 e. The first kappa shape index (κ1) is 17.8. The molecule has 0 bridgehead atoms. The van der Waals surface area contributed by atoms with Crippen molar-refractivity contribution in [2.45, 2.75) is 26.7 Å². The number of amides is 1. The summed E-state index contributed by atoms with van der Waals surface area (Å²) < 4.78 is 5.22. The third-order valence-electron chi connectivity index (χ3n) is 3.83. The summed E-state index contributed by atoms with van der Waals surface area (Å²) >= 11 is 0. The summed E-state index contributed by atoms with van der Waals surface area (Å²) in [5.74, 6) is -0.352. The molecule has 2 rings (SSSR count). The zero-order valence-electron chi connectivity index (χ0n) is 14.2. The first-order chi connectivity index (χ1) is 11.7. The zero-order chi connectivity index (χ0) is 17.4. The van der Waals surface area contributed by atoms with Gasteiger partial charge in [0.2, 0.25) is 0 Å². The second-order valence-corrected chi connectivity index (χ2v) is 5.41. The van der Waals surface area contributed by atoms with Crippen LogP contribution in [0.25, 0.3) is 17.0 Å². The van der Waals surface area contributed by atoms with E-state index in [0.29, 0.717) is 19.8 Å². The minimum absolute atomic E-state index is 0.106. The van der Waals surface area contributed by atoms with Crippen LogP contribution in [0.1, 0.15) is 31.4 Å². The van der Waals surface area contributed by atoms with Gasteiger partial charge < -0.3 is 15.0 Å². The van der Waals surface area contributed by atoms with Crippen molar-refractivity contribution in [2.75, 3.05) is 19.8 Å². The van der Waals surface area contributed by atoms with Gasteiger partial charge >= 0.3 is 0 Å². The molecule has 1 aromatic heterocycles. The third kappa shape index (κ3) is 4.24. The molecule has 0 aliphatic rings. The van der Waals surface area contributed by atoms with Gasteiger partial charge in [-0.25, -0.2) is 0 Å². The predicted octanol–water partition coefficient (Wildman–Crippen LogP) is 3.18. The molecule has 1 amide bonds. The summed E-state index contributed by atoms with van der Waals surface area (Å²) in [4.78, 5) is 15.4. The molecule has 0 unspecified atom stereocenters. The molecule has 0 fully saturated rings. The van der Waals surface area contributed by atoms with E-state index in [1.165, 1.54) is 5.56 Å². The molecule has 1 aromatic carbocycles. The van der Waals surface area contributed by atoms with Crippen molar-refractivity contribution in [1.82, 2.24) is 10.3 Å². The quantitative estimate of drug-likeness (QED) is 0.444. The fraction of sp³-hybridized carbons (Fsp3) is 0.368. The van der Waals surface area contributed by atoms with Crippen LogP contribution in [-0.4, -0.2) is 30.6 Å². The van der Waals surface area contributed by atoms with Crippen LogP contribution in [0.5, 0.6) is 0 Å². The summed E-state index contributed by atoms with van der Waals surface area (Å²) in [6.45, 7) is 5.79. The van der Waals surface area contributed by atoms with Crippen LogP contribution < -0.4 is 5.32 Å². The smallest absolute Gasteiger partial charge is 0.261 e. The fourth-order valence-corrected chi connectivity index (χ4v) is 2.57. The molecule has 2 N–H and O–H groups in total. The van der Waals surface area contributed by atoms with Crippen LogP contribution in [-0.2, 0) is 16.0 Å². The fourth-order valence-electron chi connectivity index (χ4n) is 2.57. The van der Waals surface area contributed by atoms with Gasteiger partial charge in [0, 0.05) is 42.4 Å². The normalized spacial score (nSPS) is 11.5. The highest BCUT2D eigenvalue weighted by molar-refractivity contribution is 6.04. The number of para-hydroxylation sites is 1. The van der Waals surface area contributed by atoms with Gasteiger partial charge in [0.05, 0.1) is 0 Å². The lowest BCUT2D eigenvalue weighted by molar-refractivity contribution is -0.117. The number of aromatic amines is 1. The highest BCUT2D eigenvalue weighted by atomic mass is 16.5. The Hall–Kier alpha value is -2.58. The molecule has 0 saturated carbocycles. The van der Waals surface area contributed by atoms with E-state index in [-0.39, 0.29) is 11.5 Å². The first-order valence-electron chi connectivity index (χ1n) is 8.28. The summed E-state index contributed by atoms with van der Waals surface area (Å²) in [7, 11) is 0. The number of nitrogens with zero attached hydrogens (tertiary/aromatic N) is 1. The number of H-pyrrole nitrogens is 1. The first-order valence-corrected chi connectivity index (χ1v) is 8.28. The monoisotopic (exact) mass is 325 g/mol. The minimum atomic E-state index is -0.352. The Morgan fingerprint density at radius 1 is 1.42 bits per heavy atom. The van der Waals surface area contributed by atoms with Gasteiger partial charge in [0.15, 0.2) is 0 Å². The number of ether oxygens (including phenoxy) is 1. The van der Waals surface area contributed by atoms with E-state index in [1.54, 1.807) is 6.08 Å². The molecule has 0 radical (unpaired) electrons. The number of aromatic nitrogens is 1. The van der Waals surface area contributed by atoms with Crippen LogP contribution in [0.2, 0.25) is 0 Å². The Bertz CT molecular complexity index is 769. The molecule has 0 aliphatic heterocycles. The van der Waals surface area contributed by atoms with Gasteiger partial charge in [-0.15, -0.1) is 0 Å². The van der Waals surface area contributed by atoms with Crippen molar-refractivity contribution in [1.29, 1.82) is 5.26 Å². The van der Waals surface area contributed by atoms with Crippen LogP contribution in [0, 0.1) is 11.3 Å². The van der Waals surface area contributed by atoms with E-state index in [9.17, 15) is 10.1 Å². The highest BCUT2D eigenvalue weighted by Crippen LogP contribution is 2.24. The molecule has 0 aliphatic carbocycles. The lowest BCUT2D eigenvalue weighted by Crippen LogP contribution is -2.26. The molecule has 5 nitrogen and oxygen atoms in total. The molecule has 2 aromatic rings. The second-order valence-electron chi connectivity index (χ2n) is 5.41. The topological polar surface area (TPSA) is 77.9 Å². The van der Waals surface area contributed by atoms with Crippen molar-refractivity contribution in [3.8, 4) is 6.07 Å². The number of hydrogen-bond acceptors (Lipinski definition) is 3. The van der Waals surface area contributed by atoms with E-state index < -0.39 is 0 Å². The summed E-state index contributed by atoms with van der Waals surface area (Å²) in [5, 5.41) is 13.1. The number of nitriles is 1. The van der Waals surface area contributed by atoms with Crippen molar-refractivity contribution in [3.63, 3.8) is 0 Å². The molecular formula is C19H23N3O2. The Kier molecular flexibility index (Phi) is 6.59. The van der Waals surface area contributed by atoms with Crippen LogP contribution >= 0.6 is 0 Å². The SMILES string of the molecule is CCOCCCNC(=O)/C(C#N)=C/c1c[nH]c2c(CC)cccc12. The van der Waals surface area contributed by atoms with Crippen molar-refractivity contribution in [2.24, 2.45) is 0 Å². The van der Waals surface area contributed by atoms with Gasteiger partial charge in [-0.2, -0.15) is 5.26 Å². The van der Waals surface area contributed by atoms with Gasteiger partial charge in [-0.05, 0) is 31.4 Å². The van der Waals surface area contributed by atoms with Gasteiger partial charge in [0.1, 0.15) is 11.6 Å². The van der Waals surface area contributed by atoms with Gasteiger partial charge in [-0.1, -0.05) is 25.1 Å². The van der Waals surface area contributed by atoms with Crippen molar-refractivity contribution < 1.29 is 9.53 Å². The van der Waals surface area contributed by atoms with E-state index in [4.69, 9.17) is 4.74 Å². The van der Waals surface area contributed by atoms with Crippen molar-refractivity contribution >= 4 is 22.9 Å². The standard InChI is InChI=1S/C19H23N3O2/c1-3-14-7-5-8-17-16(13-22-18(14)17)11-15(12-20)19(23)21-9-6-10-24-4-2/h5,7-8,11,13,22H,3-4,6,9-10H2,1-2H3,(H,21,23)/b15-11+. The molecule has 5 heteroatoms. The Morgan fingerprint density at radius 2 is 2.25 bits per heavy atom. The lowest BCUT2D eigenvalue weighted by atomic mass is 10.1. The highest BCUT2D eigenvalue weighted by Gasteiger charge is 2.11. The number of hydrogen-bond donors (Lipinski definition) is 2. The maximum Gasteiger partial charge on any atom is 0.261 e. The predicted molar refractivity (Wildman–Crippen MR) is 95.4 cm³/mol. The molecule has 0 saturated heterocycles. The van der Waals surface area contributed by atoms with Crippen LogP contribution in [0.3, 0.4) is 0 Å².